The van der Waals surface area contributed by atoms with Gasteiger partial charge in [0, 0.05) is 11.8 Å². The molecule has 0 saturated carbocycles. The normalized spacial score (nSPS) is 17.8. The SMILES string of the molecule is [B]C([B])([B])C(CC(=O)Nc1nc2c(cc1C)N(Cc1ccc(C(F)(F)F)cc1)C(=O)C(C)O2)(C([B])([B])O)C([B])(O)O. The topological polar surface area (TPSA) is 132 Å². The number of aliphatic hydroxyl groups is 3. The molecule has 1 aromatic carbocycles. The average Bonchev–Trinajstić information content (AvgIpc) is 2.79. The monoisotopic (exact) mass is 557 g/mol. The van der Waals surface area contributed by atoms with E-state index < -0.39 is 57.7 Å². The Morgan fingerprint density at radius 2 is 1.63 bits per heavy atom. The average molecular weight is 556 g/mol. The smallest absolute Gasteiger partial charge is 0.416 e. The summed E-state index contributed by atoms with van der Waals surface area (Å²) in [5.41, 5.74) is -6.66. The van der Waals surface area contributed by atoms with Crippen molar-refractivity contribution in [1.29, 1.82) is 0 Å². The first-order chi connectivity index (χ1) is 18.5. The number of nitrogens with zero attached hydrogens (tertiary/aromatic N) is 2. The van der Waals surface area contributed by atoms with Gasteiger partial charge in [-0.1, -0.05) is 12.1 Å². The molecule has 12 radical (unpaired) electrons. The van der Waals surface area contributed by atoms with Crippen LogP contribution in [0.1, 0.15) is 30.0 Å². The van der Waals surface area contributed by atoms with E-state index in [9.17, 15) is 38.1 Å². The Hall–Kier alpha value is -2.83. The number of anilines is 2. The fourth-order valence-corrected chi connectivity index (χ4v) is 4.49. The molecule has 2 unspecified atom stereocenters. The first-order valence-electron chi connectivity index (χ1n) is 11.9. The third-order valence-electron chi connectivity index (χ3n) is 6.71. The molecular formula is C23H20B6F3N3O6. The number of ether oxygens (including phenoxy) is 1. The standard InChI is InChI=1S/C23H20B6F3N3O6/c1-10-7-14-17(41-11(2)18(37)35(14)9-12-3-5-13(6-4-12)20(30,31)32)34-16(10)33-15(36)8-19(21(24,25)26,22(27,28)38)23(29,39)40/h3-7,11,38-40H,8-9H2,1-2H3,(H,33,34,36). The molecule has 4 N–H and O–H groups in total. The molecule has 9 nitrogen and oxygen atoms in total. The molecule has 0 aliphatic carbocycles. The Morgan fingerprint density at radius 3 is 2.10 bits per heavy atom. The van der Waals surface area contributed by atoms with E-state index in [1.807, 2.05) is 0 Å². The van der Waals surface area contributed by atoms with Crippen LogP contribution in [0.25, 0.3) is 0 Å². The minimum absolute atomic E-state index is 0.115. The summed E-state index contributed by atoms with van der Waals surface area (Å²) >= 11 is 0. The van der Waals surface area contributed by atoms with Gasteiger partial charge in [0.1, 0.15) is 17.2 Å². The van der Waals surface area contributed by atoms with Gasteiger partial charge >= 0.3 is 6.18 Å². The molecule has 2 amide bonds. The molecule has 202 valence electrons. The summed E-state index contributed by atoms with van der Waals surface area (Å²) in [4.78, 5) is 31.4. The van der Waals surface area contributed by atoms with Crippen LogP contribution in [-0.4, -0.2) is 96.4 Å². The zero-order valence-electron chi connectivity index (χ0n) is 21.9. The van der Waals surface area contributed by atoms with Gasteiger partial charge in [-0.05, 0) is 48.6 Å². The number of alkyl halides is 3. The summed E-state index contributed by atoms with van der Waals surface area (Å²) in [5, 5.41) is 26.9. The van der Waals surface area contributed by atoms with Gasteiger partial charge in [0.25, 0.3) is 5.91 Å². The van der Waals surface area contributed by atoms with Crippen LogP contribution in [0, 0.1) is 12.3 Å². The molecule has 0 fully saturated rings. The molecule has 3 rings (SSSR count). The number of carbonyl (C=O) groups is 2. The van der Waals surface area contributed by atoms with Gasteiger partial charge in [0.05, 0.1) is 51.3 Å². The van der Waals surface area contributed by atoms with Crippen LogP contribution in [0.4, 0.5) is 24.7 Å². The number of nitrogens with one attached hydrogen (secondary N) is 1. The fourth-order valence-electron chi connectivity index (χ4n) is 4.49. The highest BCUT2D eigenvalue weighted by molar-refractivity contribution is 6.61. The van der Waals surface area contributed by atoms with Crippen LogP contribution in [0.5, 0.6) is 5.88 Å². The van der Waals surface area contributed by atoms with Gasteiger partial charge in [-0.25, -0.2) is 0 Å². The highest BCUT2D eigenvalue weighted by Crippen LogP contribution is 2.53. The predicted octanol–water partition coefficient (Wildman–Crippen LogP) is -0.593. The van der Waals surface area contributed by atoms with Crippen molar-refractivity contribution in [3.05, 3.63) is 47.0 Å². The number of hydrogen-bond donors (Lipinski definition) is 4. The molecular weight excluding hydrogens is 536 g/mol. The van der Waals surface area contributed by atoms with E-state index in [4.69, 9.17) is 51.8 Å². The second-order valence-corrected chi connectivity index (χ2v) is 9.97. The number of fused-ring (bicyclic) bond motifs is 1. The first-order valence-corrected chi connectivity index (χ1v) is 11.9. The molecule has 0 bridgehead atoms. The van der Waals surface area contributed by atoms with E-state index >= 15 is 0 Å². The summed E-state index contributed by atoms with van der Waals surface area (Å²) in [6.07, 6.45) is -6.80. The molecule has 0 spiro atoms. The maximum Gasteiger partial charge on any atom is 0.416 e. The Morgan fingerprint density at radius 1 is 1.07 bits per heavy atom. The van der Waals surface area contributed by atoms with Crippen LogP contribution in [-0.2, 0) is 22.3 Å². The van der Waals surface area contributed by atoms with Crippen molar-refractivity contribution in [3.8, 4) is 5.88 Å². The van der Waals surface area contributed by atoms with Crippen molar-refractivity contribution in [1.82, 2.24) is 4.98 Å². The van der Waals surface area contributed by atoms with E-state index in [0.717, 1.165) is 12.1 Å². The van der Waals surface area contributed by atoms with E-state index in [1.165, 1.54) is 36.9 Å². The predicted molar refractivity (Wildman–Crippen MR) is 147 cm³/mol. The molecule has 2 atom stereocenters. The second-order valence-electron chi connectivity index (χ2n) is 9.97. The molecule has 41 heavy (non-hydrogen) atoms. The van der Waals surface area contributed by atoms with Gasteiger partial charge in [0.15, 0.2) is 14.0 Å². The third kappa shape index (κ3) is 6.34. The quantitative estimate of drug-likeness (QED) is 0.253. The summed E-state index contributed by atoms with van der Waals surface area (Å²) in [7, 11) is 33.1. The van der Waals surface area contributed by atoms with E-state index in [2.05, 4.69) is 10.3 Å². The zero-order valence-corrected chi connectivity index (χ0v) is 21.9. The number of benzene rings is 1. The molecule has 2 heterocycles. The maximum atomic E-state index is 13.0. The molecule has 2 aromatic rings. The van der Waals surface area contributed by atoms with E-state index in [-0.39, 0.29) is 29.5 Å². The molecule has 1 aromatic heterocycles. The van der Waals surface area contributed by atoms with Gasteiger partial charge in [-0.2, -0.15) is 18.2 Å². The van der Waals surface area contributed by atoms with Gasteiger partial charge in [0.2, 0.25) is 11.8 Å². The van der Waals surface area contributed by atoms with Gasteiger partial charge in [-0.3, -0.25) is 14.5 Å². The number of aromatic nitrogens is 1. The zero-order chi connectivity index (χ0) is 31.3. The van der Waals surface area contributed by atoms with Crippen LogP contribution in [0.2, 0.25) is 5.11 Å². The summed E-state index contributed by atoms with van der Waals surface area (Å²) in [6.45, 7) is 2.80. The molecule has 0 saturated heterocycles. The van der Waals surface area contributed by atoms with Crippen molar-refractivity contribution in [2.75, 3.05) is 10.2 Å². The van der Waals surface area contributed by atoms with Crippen molar-refractivity contribution >= 4 is 70.4 Å². The third-order valence-corrected chi connectivity index (χ3v) is 6.71. The Labute approximate surface area is 242 Å². The lowest BCUT2D eigenvalue weighted by molar-refractivity contribution is -0.210. The first kappa shape index (κ1) is 32.7. The number of carbonyl (C=O) groups excluding carboxylic acids is 2. The van der Waals surface area contributed by atoms with Crippen LogP contribution in [0.3, 0.4) is 0 Å². The number of pyridine rings is 1. The van der Waals surface area contributed by atoms with Gasteiger partial charge in [-0.15, -0.1) is 5.11 Å². The summed E-state index contributed by atoms with van der Waals surface area (Å²) < 4.78 is 44.4. The lowest BCUT2D eigenvalue weighted by Gasteiger charge is -2.60. The fraction of sp³-hybridized carbons (Fsp3) is 0.435. The number of halogens is 3. The number of rotatable bonds is 8. The minimum atomic E-state index is -4.52. The minimum Gasteiger partial charge on any atom is -0.463 e. The second kappa shape index (κ2) is 10.8. The molecule has 1 aliphatic rings. The Balaban J connectivity index is 1.94. The van der Waals surface area contributed by atoms with Crippen LogP contribution >= 0.6 is 0 Å². The van der Waals surface area contributed by atoms with Gasteiger partial charge < -0.3 is 25.4 Å². The Bertz CT molecular complexity index is 1290. The largest absolute Gasteiger partial charge is 0.463 e. The lowest BCUT2D eigenvalue weighted by Crippen LogP contribution is -2.70. The molecule has 1 aliphatic heterocycles. The number of aryl methyl sites for hydroxylation is 1. The highest BCUT2D eigenvalue weighted by Gasteiger charge is 2.60. The van der Waals surface area contributed by atoms with Crippen LogP contribution < -0.4 is 15.0 Å². The van der Waals surface area contributed by atoms with Crippen molar-refractivity contribution in [2.45, 2.75) is 55.3 Å². The van der Waals surface area contributed by atoms with Crippen molar-refractivity contribution < 1.29 is 42.8 Å². The Kier molecular flexibility index (Phi) is 8.59. The lowest BCUT2D eigenvalue weighted by atomic mass is 9.22. The summed E-state index contributed by atoms with van der Waals surface area (Å²) in [5.74, 6) is -1.89. The van der Waals surface area contributed by atoms with Crippen LogP contribution in [0.15, 0.2) is 30.3 Å². The maximum absolute atomic E-state index is 13.0. The van der Waals surface area contributed by atoms with Crippen molar-refractivity contribution in [2.24, 2.45) is 5.41 Å². The molecule has 18 heteroatoms. The number of amides is 2. The number of hydrogen-bond acceptors (Lipinski definition) is 7. The summed E-state index contributed by atoms with van der Waals surface area (Å²) in [6, 6.07) is 5.68. The highest BCUT2D eigenvalue weighted by atomic mass is 19.4. The van der Waals surface area contributed by atoms with E-state index in [0.29, 0.717) is 5.56 Å². The van der Waals surface area contributed by atoms with Crippen molar-refractivity contribution in [3.63, 3.8) is 0 Å². The van der Waals surface area contributed by atoms with E-state index in [1.54, 1.807) is 0 Å².